The number of anilines is 1. The number of hydrogen-bond acceptors (Lipinski definition) is 3. The van der Waals surface area contributed by atoms with Crippen molar-refractivity contribution in [3.8, 4) is 5.75 Å². The second kappa shape index (κ2) is 6.22. The zero-order chi connectivity index (χ0) is 16.6. The van der Waals surface area contributed by atoms with Gasteiger partial charge in [-0.1, -0.05) is 0 Å². The molecule has 0 aromatic heterocycles. The SMILES string of the molecule is COc1ccc(NC(=O)C2C3CCC(CC3)C2C(=O)O)c(C)c1. The van der Waals surface area contributed by atoms with Gasteiger partial charge in [0.1, 0.15) is 5.75 Å². The minimum Gasteiger partial charge on any atom is -0.497 e. The van der Waals surface area contributed by atoms with Crippen LogP contribution in [0.15, 0.2) is 18.2 Å². The lowest BCUT2D eigenvalue weighted by Gasteiger charge is -2.45. The number of carbonyl (C=O) groups excluding carboxylic acids is 1. The topological polar surface area (TPSA) is 75.6 Å². The van der Waals surface area contributed by atoms with E-state index in [1.807, 2.05) is 19.1 Å². The zero-order valence-electron chi connectivity index (χ0n) is 13.5. The van der Waals surface area contributed by atoms with Crippen molar-refractivity contribution in [3.63, 3.8) is 0 Å². The van der Waals surface area contributed by atoms with Gasteiger partial charge in [0.05, 0.1) is 18.9 Å². The van der Waals surface area contributed by atoms with Gasteiger partial charge >= 0.3 is 5.97 Å². The van der Waals surface area contributed by atoms with E-state index in [1.165, 1.54) is 0 Å². The van der Waals surface area contributed by atoms with Crippen molar-refractivity contribution < 1.29 is 19.4 Å². The third kappa shape index (κ3) is 2.92. The Morgan fingerprint density at radius 2 is 1.74 bits per heavy atom. The van der Waals surface area contributed by atoms with Crippen molar-refractivity contribution in [1.29, 1.82) is 0 Å². The number of nitrogens with one attached hydrogen (secondary N) is 1. The molecule has 124 valence electrons. The molecule has 0 spiro atoms. The molecule has 2 unspecified atom stereocenters. The fourth-order valence-corrected chi connectivity index (χ4v) is 4.30. The summed E-state index contributed by atoms with van der Waals surface area (Å²) in [4.78, 5) is 24.4. The molecule has 0 heterocycles. The van der Waals surface area contributed by atoms with Gasteiger partial charge in [-0.25, -0.2) is 0 Å². The first-order valence-corrected chi connectivity index (χ1v) is 8.19. The predicted molar refractivity (Wildman–Crippen MR) is 86.4 cm³/mol. The van der Waals surface area contributed by atoms with E-state index in [-0.39, 0.29) is 17.7 Å². The molecule has 3 fully saturated rings. The summed E-state index contributed by atoms with van der Waals surface area (Å²) in [5.74, 6) is -0.862. The molecule has 0 saturated heterocycles. The molecule has 3 saturated carbocycles. The van der Waals surface area contributed by atoms with Crippen LogP contribution in [-0.4, -0.2) is 24.1 Å². The van der Waals surface area contributed by atoms with Crippen molar-refractivity contribution in [3.05, 3.63) is 23.8 Å². The number of rotatable bonds is 4. The Balaban J connectivity index is 1.80. The molecule has 1 aromatic carbocycles. The Kier molecular flexibility index (Phi) is 4.28. The lowest BCUT2D eigenvalue weighted by atomic mass is 9.58. The van der Waals surface area contributed by atoms with E-state index in [9.17, 15) is 14.7 Å². The fraction of sp³-hybridized carbons (Fsp3) is 0.556. The van der Waals surface area contributed by atoms with E-state index in [2.05, 4.69) is 5.32 Å². The van der Waals surface area contributed by atoms with Crippen LogP contribution in [0.3, 0.4) is 0 Å². The molecule has 4 rings (SSSR count). The molecular formula is C18H23NO4. The lowest BCUT2D eigenvalue weighted by molar-refractivity contribution is -0.156. The van der Waals surface area contributed by atoms with Gasteiger partial charge in [-0.15, -0.1) is 0 Å². The molecule has 3 aliphatic carbocycles. The van der Waals surface area contributed by atoms with Gasteiger partial charge in [-0.3, -0.25) is 9.59 Å². The third-order valence-corrected chi connectivity index (χ3v) is 5.50. The van der Waals surface area contributed by atoms with Crippen LogP contribution in [0, 0.1) is 30.6 Å². The first-order chi connectivity index (χ1) is 11.0. The number of methoxy groups -OCH3 is 1. The maximum atomic E-state index is 12.8. The summed E-state index contributed by atoms with van der Waals surface area (Å²) >= 11 is 0. The van der Waals surface area contributed by atoms with E-state index in [0.29, 0.717) is 0 Å². The van der Waals surface area contributed by atoms with Gasteiger partial charge in [0.15, 0.2) is 0 Å². The van der Waals surface area contributed by atoms with Crippen LogP contribution >= 0.6 is 0 Å². The van der Waals surface area contributed by atoms with Crippen molar-refractivity contribution >= 4 is 17.6 Å². The maximum absolute atomic E-state index is 12.8. The summed E-state index contributed by atoms with van der Waals surface area (Å²) < 4.78 is 5.17. The molecule has 5 nitrogen and oxygen atoms in total. The summed E-state index contributed by atoms with van der Waals surface area (Å²) in [6.45, 7) is 1.90. The summed E-state index contributed by atoms with van der Waals surface area (Å²) in [5, 5.41) is 12.5. The number of hydrogen-bond donors (Lipinski definition) is 2. The number of benzene rings is 1. The molecule has 5 heteroatoms. The van der Waals surface area contributed by atoms with Crippen molar-refractivity contribution in [1.82, 2.24) is 0 Å². The van der Waals surface area contributed by atoms with Gasteiger partial charge in [-0.2, -0.15) is 0 Å². The van der Waals surface area contributed by atoms with E-state index >= 15 is 0 Å². The van der Waals surface area contributed by atoms with E-state index < -0.39 is 17.8 Å². The van der Waals surface area contributed by atoms with Crippen LogP contribution in [0.25, 0.3) is 0 Å². The van der Waals surface area contributed by atoms with Gasteiger partial charge in [0, 0.05) is 5.69 Å². The Bertz CT molecular complexity index is 619. The molecule has 0 radical (unpaired) electrons. The van der Waals surface area contributed by atoms with Crippen LogP contribution in [0.4, 0.5) is 5.69 Å². The number of amides is 1. The molecule has 2 bridgehead atoms. The number of aryl methyl sites for hydroxylation is 1. The van der Waals surface area contributed by atoms with E-state index in [0.717, 1.165) is 42.7 Å². The number of fused-ring (bicyclic) bond motifs is 3. The third-order valence-electron chi connectivity index (χ3n) is 5.50. The summed E-state index contributed by atoms with van der Waals surface area (Å²) in [6, 6.07) is 5.46. The van der Waals surface area contributed by atoms with Gasteiger partial charge in [0.25, 0.3) is 0 Å². The monoisotopic (exact) mass is 317 g/mol. The minimum atomic E-state index is -0.828. The quantitative estimate of drug-likeness (QED) is 0.895. The highest BCUT2D eigenvalue weighted by Crippen LogP contribution is 2.49. The largest absolute Gasteiger partial charge is 0.497 e. The van der Waals surface area contributed by atoms with E-state index in [1.54, 1.807) is 13.2 Å². The molecule has 0 aliphatic heterocycles. The second-order valence-corrected chi connectivity index (χ2v) is 6.73. The molecule has 23 heavy (non-hydrogen) atoms. The first kappa shape index (κ1) is 15.8. The highest BCUT2D eigenvalue weighted by Gasteiger charge is 2.50. The molecule has 2 N–H and O–H groups in total. The number of aliphatic carboxylic acids is 1. The zero-order valence-corrected chi connectivity index (χ0v) is 13.5. The summed E-state index contributed by atoms with van der Waals surface area (Å²) in [5.41, 5.74) is 1.63. The second-order valence-electron chi connectivity index (χ2n) is 6.73. The van der Waals surface area contributed by atoms with Gasteiger partial charge < -0.3 is 15.2 Å². The Morgan fingerprint density at radius 3 is 2.26 bits per heavy atom. The number of carboxylic acid groups (broad SMARTS) is 1. The number of ether oxygens (including phenoxy) is 1. The van der Waals surface area contributed by atoms with Crippen LogP contribution < -0.4 is 10.1 Å². The van der Waals surface area contributed by atoms with Crippen molar-refractivity contribution in [2.24, 2.45) is 23.7 Å². The Morgan fingerprint density at radius 1 is 1.13 bits per heavy atom. The smallest absolute Gasteiger partial charge is 0.307 e. The van der Waals surface area contributed by atoms with E-state index in [4.69, 9.17) is 4.74 Å². The minimum absolute atomic E-state index is 0.144. The van der Waals surface area contributed by atoms with Crippen LogP contribution in [-0.2, 0) is 9.59 Å². The maximum Gasteiger partial charge on any atom is 0.307 e. The van der Waals surface area contributed by atoms with Gasteiger partial charge in [0.2, 0.25) is 5.91 Å². The molecule has 1 amide bonds. The average Bonchev–Trinajstić information content (AvgIpc) is 2.56. The van der Waals surface area contributed by atoms with Crippen molar-refractivity contribution in [2.45, 2.75) is 32.6 Å². The number of carbonyl (C=O) groups is 2. The Labute approximate surface area is 136 Å². The molecule has 3 aliphatic rings. The normalized spacial score (nSPS) is 29.1. The molecule has 2 atom stereocenters. The Hall–Kier alpha value is -2.04. The molecular weight excluding hydrogens is 294 g/mol. The number of carboxylic acids is 1. The fourth-order valence-electron chi connectivity index (χ4n) is 4.30. The standard InChI is InChI=1S/C18H23NO4/c1-10-9-13(23-2)7-8-14(10)19-17(20)15-11-3-5-12(6-4-11)16(15)18(21)22/h7-9,11-12,15-16H,3-6H2,1-2H3,(H,19,20)(H,21,22). The summed E-state index contributed by atoms with van der Waals surface area (Å²) in [7, 11) is 1.60. The highest BCUT2D eigenvalue weighted by molar-refractivity contribution is 5.96. The average molecular weight is 317 g/mol. The highest BCUT2D eigenvalue weighted by atomic mass is 16.5. The predicted octanol–water partition coefficient (Wildman–Crippen LogP) is 3.08. The lowest BCUT2D eigenvalue weighted by Crippen LogP contribution is -2.49. The molecule has 1 aromatic rings. The van der Waals surface area contributed by atoms with Crippen LogP contribution in [0.2, 0.25) is 0 Å². The summed E-state index contributed by atoms with van der Waals surface area (Å²) in [6.07, 6.45) is 3.81. The van der Waals surface area contributed by atoms with Crippen molar-refractivity contribution in [2.75, 3.05) is 12.4 Å². The first-order valence-electron chi connectivity index (χ1n) is 8.19. The van der Waals surface area contributed by atoms with Gasteiger partial charge in [-0.05, 0) is 68.2 Å². The van der Waals surface area contributed by atoms with Crippen LogP contribution in [0.5, 0.6) is 5.75 Å². The van der Waals surface area contributed by atoms with Crippen LogP contribution in [0.1, 0.15) is 31.2 Å².